The zero-order chi connectivity index (χ0) is 20.2. The zero-order valence-corrected chi connectivity index (χ0v) is 14.6. The number of amides is 1. The number of carbonyl (C=O) groups is 1. The molecule has 0 radical (unpaired) electrons. The molecule has 5 N–H and O–H groups in total. The van der Waals surface area contributed by atoms with E-state index in [9.17, 15) is 18.0 Å². The average Bonchev–Trinajstić information content (AvgIpc) is 3.04. The molecule has 3 heterocycles. The van der Waals surface area contributed by atoms with Gasteiger partial charge in [0.15, 0.2) is 11.5 Å². The number of hydrogen-bond donors (Lipinski definition) is 3. The molecular formula is C16H18F3N7O. The SMILES string of the molecule is CC.NCC(=O)Nc1cn2nc(-c3cnc(N)c(C(F)(F)F)c3)ccc2n1. The van der Waals surface area contributed by atoms with Crippen molar-refractivity contribution in [3.05, 3.63) is 36.2 Å². The van der Waals surface area contributed by atoms with Gasteiger partial charge >= 0.3 is 6.18 Å². The van der Waals surface area contributed by atoms with Gasteiger partial charge in [-0.3, -0.25) is 4.79 Å². The molecule has 0 aliphatic rings. The Kier molecular flexibility index (Phi) is 5.95. The maximum Gasteiger partial charge on any atom is 0.419 e. The van der Waals surface area contributed by atoms with Gasteiger partial charge in [0.25, 0.3) is 0 Å². The number of alkyl halides is 3. The van der Waals surface area contributed by atoms with Crippen LogP contribution in [-0.2, 0) is 11.0 Å². The van der Waals surface area contributed by atoms with Crippen molar-refractivity contribution < 1.29 is 18.0 Å². The molecule has 3 aromatic heterocycles. The number of halogens is 3. The Hall–Kier alpha value is -3.21. The average molecular weight is 381 g/mol. The van der Waals surface area contributed by atoms with E-state index in [4.69, 9.17) is 11.5 Å². The summed E-state index contributed by atoms with van der Waals surface area (Å²) >= 11 is 0. The van der Waals surface area contributed by atoms with Crippen LogP contribution in [0.4, 0.5) is 24.8 Å². The number of nitrogens with zero attached hydrogens (tertiary/aromatic N) is 4. The van der Waals surface area contributed by atoms with Crippen molar-refractivity contribution in [2.75, 3.05) is 17.6 Å². The van der Waals surface area contributed by atoms with E-state index in [-0.39, 0.29) is 23.6 Å². The van der Waals surface area contributed by atoms with Crippen molar-refractivity contribution >= 4 is 23.2 Å². The van der Waals surface area contributed by atoms with Crippen LogP contribution in [0.1, 0.15) is 19.4 Å². The van der Waals surface area contributed by atoms with E-state index in [0.717, 1.165) is 6.07 Å². The van der Waals surface area contributed by atoms with Gasteiger partial charge in [0.05, 0.1) is 24.0 Å². The Morgan fingerprint density at radius 2 is 2.00 bits per heavy atom. The summed E-state index contributed by atoms with van der Waals surface area (Å²) in [4.78, 5) is 19.0. The van der Waals surface area contributed by atoms with Crippen molar-refractivity contribution in [2.24, 2.45) is 5.73 Å². The highest BCUT2D eigenvalue weighted by Crippen LogP contribution is 2.34. The summed E-state index contributed by atoms with van der Waals surface area (Å²) in [5.41, 5.74) is 10.2. The number of nitrogens with one attached hydrogen (secondary N) is 1. The van der Waals surface area contributed by atoms with E-state index in [1.165, 1.54) is 23.0 Å². The third-order valence-electron chi connectivity index (χ3n) is 3.29. The summed E-state index contributed by atoms with van der Waals surface area (Å²) in [5.74, 6) is -0.806. The lowest BCUT2D eigenvalue weighted by molar-refractivity contribution is -0.137. The molecule has 0 spiro atoms. The van der Waals surface area contributed by atoms with Gasteiger partial charge in [0, 0.05) is 11.8 Å². The summed E-state index contributed by atoms with van der Waals surface area (Å²) in [6, 6.07) is 3.92. The smallest absolute Gasteiger partial charge is 0.383 e. The molecule has 0 aromatic carbocycles. The molecule has 0 saturated carbocycles. The molecule has 1 amide bonds. The number of imidazole rings is 1. The van der Waals surface area contributed by atoms with Gasteiger partial charge in [-0.2, -0.15) is 18.3 Å². The minimum absolute atomic E-state index is 0.143. The number of rotatable bonds is 3. The van der Waals surface area contributed by atoms with Gasteiger partial charge < -0.3 is 16.8 Å². The quantitative estimate of drug-likeness (QED) is 0.640. The third kappa shape index (κ3) is 4.50. The van der Waals surface area contributed by atoms with Crippen molar-refractivity contribution in [1.82, 2.24) is 19.6 Å². The molecule has 0 aliphatic carbocycles. The Morgan fingerprint density at radius 1 is 1.30 bits per heavy atom. The molecule has 3 rings (SSSR count). The van der Waals surface area contributed by atoms with Crippen LogP contribution in [0.15, 0.2) is 30.6 Å². The number of nitrogen functional groups attached to an aromatic ring is 1. The highest BCUT2D eigenvalue weighted by molar-refractivity contribution is 5.91. The molecule has 27 heavy (non-hydrogen) atoms. The molecule has 0 unspecified atom stereocenters. The monoisotopic (exact) mass is 381 g/mol. The Labute approximate surface area is 152 Å². The summed E-state index contributed by atoms with van der Waals surface area (Å²) in [6.07, 6.45) is -2.00. The fourth-order valence-electron chi connectivity index (χ4n) is 2.13. The van der Waals surface area contributed by atoms with Gasteiger partial charge in [-0.1, -0.05) is 13.8 Å². The first kappa shape index (κ1) is 20.1. The van der Waals surface area contributed by atoms with Crippen LogP contribution >= 0.6 is 0 Å². The zero-order valence-electron chi connectivity index (χ0n) is 14.6. The molecule has 144 valence electrons. The Balaban J connectivity index is 0.00000126. The van der Waals surface area contributed by atoms with Crippen LogP contribution < -0.4 is 16.8 Å². The Bertz CT molecular complexity index is 953. The first-order chi connectivity index (χ1) is 12.8. The molecule has 8 nitrogen and oxygen atoms in total. The van der Waals surface area contributed by atoms with Crippen LogP contribution in [-0.4, -0.2) is 32.0 Å². The van der Waals surface area contributed by atoms with Crippen LogP contribution in [0.2, 0.25) is 0 Å². The lowest BCUT2D eigenvalue weighted by atomic mass is 10.1. The summed E-state index contributed by atoms with van der Waals surface area (Å²) < 4.78 is 40.2. The first-order valence-corrected chi connectivity index (χ1v) is 7.97. The number of aromatic nitrogens is 4. The molecule has 0 aliphatic heterocycles. The second-order valence-corrected chi connectivity index (χ2v) is 5.05. The van der Waals surface area contributed by atoms with Crippen LogP contribution in [0.25, 0.3) is 16.9 Å². The summed E-state index contributed by atoms with van der Waals surface area (Å²) in [5, 5.41) is 6.64. The Morgan fingerprint density at radius 3 is 2.63 bits per heavy atom. The van der Waals surface area contributed by atoms with Crippen molar-refractivity contribution in [3.63, 3.8) is 0 Å². The lowest BCUT2D eigenvalue weighted by Crippen LogP contribution is -2.21. The first-order valence-electron chi connectivity index (χ1n) is 7.97. The number of anilines is 2. The fraction of sp³-hybridized carbons (Fsp3) is 0.250. The van der Waals surface area contributed by atoms with E-state index >= 15 is 0 Å². The summed E-state index contributed by atoms with van der Waals surface area (Å²) in [7, 11) is 0. The van der Waals surface area contributed by atoms with Crippen LogP contribution in [0, 0.1) is 0 Å². The normalized spacial score (nSPS) is 11.0. The second kappa shape index (κ2) is 7.99. The largest absolute Gasteiger partial charge is 0.419 e. The molecule has 0 saturated heterocycles. The molecule has 3 aromatic rings. The minimum atomic E-state index is -4.62. The number of pyridine rings is 1. The lowest BCUT2D eigenvalue weighted by Gasteiger charge is -2.10. The predicted octanol–water partition coefficient (Wildman–Crippen LogP) is 2.32. The van der Waals surface area contributed by atoms with Gasteiger partial charge in [0.1, 0.15) is 5.82 Å². The standard InChI is InChI=1S/C14H12F3N7O.C2H6/c15-14(16,17)8-3-7(5-20-13(8)19)9-1-2-11-21-10(6-24(11)23-9)22-12(25)4-18;1-2/h1-3,5-6H,4,18H2,(H2,19,20)(H,22,25);1-2H3. The highest BCUT2D eigenvalue weighted by atomic mass is 19.4. The van der Waals surface area contributed by atoms with Crippen LogP contribution in [0.3, 0.4) is 0 Å². The van der Waals surface area contributed by atoms with Gasteiger partial charge in [-0.15, -0.1) is 0 Å². The number of hydrogen-bond acceptors (Lipinski definition) is 6. The number of carbonyl (C=O) groups excluding carboxylic acids is 1. The predicted molar refractivity (Wildman–Crippen MR) is 94.7 cm³/mol. The molecule has 0 fully saturated rings. The molecular weight excluding hydrogens is 363 g/mol. The second-order valence-electron chi connectivity index (χ2n) is 5.05. The van der Waals surface area contributed by atoms with E-state index < -0.39 is 23.5 Å². The van der Waals surface area contributed by atoms with E-state index in [1.807, 2.05) is 13.8 Å². The number of nitrogens with two attached hydrogens (primary N) is 2. The van der Waals surface area contributed by atoms with E-state index in [0.29, 0.717) is 5.65 Å². The summed E-state index contributed by atoms with van der Waals surface area (Å²) in [6.45, 7) is 3.80. The van der Waals surface area contributed by atoms with E-state index in [2.05, 4.69) is 20.4 Å². The molecule has 0 bridgehead atoms. The highest BCUT2D eigenvalue weighted by Gasteiger charge is 2.34. The third-order valence-corrected chi connectivity index (χ3v) is 3.29. The van der Waals surface area contributed by atoms with Crippen LogP contribution in [0.5, 0.6) is 0 Å². The maximum atomic E-state index is 12.9. The van der Waals surface area contributed by atoms with Crippen molar-refractivity contribution in [2.45, 2.75) is 20.0 Å². The number of fused-ring (bicyclic) bond motifs is 1. The minimum Gasteiger partial charge on any atom is -0.383 e. The van der Waals surface area contributed by atoms with Crippen molar-refractivity contribution in [1.29, 1.82) is 0 Å². The van der Waals surface area contributed by atoms with Gasteiger partial charge in [-0.05, 0) is 18.2 Å². The van der Waals surface area contributed by atoms with E-state index in [1.54, 1.807) is 6.07 Å². The van der Waals surface area contributed by atoms with Gasteiger partial charge in [-0.25, -0.2) is 14.5 Å². The fourth-order valence-corrected chi connectivity index (χ4v) is 2.13. The van der Waals surface area contributed by atoms with Gasteiger partial charge in [0.2, 0.25) is 5.91 Å². The molecule has 11 heteroatoms. The maximum absolute atomic E-state index is 12.9. The topological polar surface area (TPSA) is 124 Å². The molecule has 0 atom stereocenters. The van der Waals surface area contributed by atoms with Crippen molar-refractivity contribution in [3.8, 4) is 11.3 Å².